The van der Waals surface area contributed by atoms with Crippen LogP contribution in [0.25, 0.3) is 0 Å². The number of hydrogen-bond donors (Lipinski definition) is 2. The van der Waals surface area contributed by atoms with Crippen molar-refractivity contribution in [2.45, 2.75) is 174 Å². The van der Waals surface area contributed by atoms with Gasteiger partial charge in [0, 0.05) is 51.1 Å². The molecule has 8 aliphatic rings. The Morgan fingerprint density at radius 1 is 0.982 bits per heavy atom. The highest BCUT2D eigenvalue weighted by molar-refractivity contribution is 5.69. The minimum absolute atomic E-state index is 0.00410. The predicted molar refractivity (Wildman–Crippen MR) is 208 cm³/mol. The normalized spacial score (nSPS) is 45.9. The summed E-state index contributed by atoms with van der Waals surface area (Å²) in [7, 11) is 0. The summed E-state index contributed by atoms with van der Waals surface area (Å²) in [6.07, 6.45) is 8.49. The van der Waals surface area contributed by atoms with E-state index in [0.29, 0.717) is 41.6 Å². The van der Waals surface area contributed by atoms with E-state index in [1.165, 1.54) is 32.6 Å². The molecule has 3 aliphatic heterocycles. The van der Waals surface area contributed by atoms with Gasteiger partial charge in [-0.1, -0.05) is 27.7 Å². The lowest BCUT2D eigenvalue weighted by Gasteiger charge is -2.63. The minimum Gasteiger partial charge on any atom is -0.457 e. The molecule has 55 heavy (non-hydrogen) atoms. The van der Waals surface area contributed by atoms with Gasteiger partial charge in [0.15, 0.2) is 12.4 Å². The van der Waals surface area contributed by atoms with Crippen LogP contribution in [0.15, 0.2) is 0 Å². The smallest absolute Gasteiger partial charge is 0.410 e. The molecule has 3 saturated heterocycles. The highest BCUT2D eigenvalue weighted by Crippen LogP contribution is 2.87. The average molecular weight is 772 g/mol. The summed E-state index contributed by atoms with van der Waals surface area (Å²) in [6.45, 7) is 25.1. The van der Waals surface area contributed by atoms with Crippen molar-refractivity contribution >= 4 is 12.1 Å². The molecule has 5 saturated carbocycles. The topological polar surface area (TPSA) is 133 Å². The average Bonchev–Trinajstić information content (AvgIpc) is 3.64. The molecule has 11 nitrogen and oxygen atoms in total. The Balaban J connectivity index is 0.915. The molecule has 2 spiro atoms. The monoisotopic (exact) mass is 772 g/mol. The Bertz CT molecular complexity index is 1500. The number of fused-ring (bicyclic) bond motifs is 4. The van der Waals surface area contributed by atoms with E-state index >= 15 is 0 Å². The van der Waals surface area contributed by atoms with E-state index in [1.54, 1.807) is 13.8 Å². The van der Waals surface area contributed by atoms with E-state index in [1.807, 2.05) is 25.7 Å². The van der Waals surface area contributed by atoms with E-state index < -0.39 is 17.3 Å². The van der Waals surface area contributed by atoms with Crippen LogP contribution in [0.4, 0.5) is 4.79 Å². The quantitative estimate of drug-likeness (QED) is 0.291. The standard InChI is InChI=1S/C44H73N3O8/c1-26-19-29(36(40(8,9)50)52-27(2)48)53-30-20-44(45)32-12-11-31-39(6,7)33(13-14-42(31)25-43(32,42)16-15-41(44,10)35(26)30)54-34-24-46(17-18-51-34)21-28-22-47(23-28)37(49)55-38(3,4)5/h26,28-36,50H,11-25,45H2,1-10H3/t26-,29-,30-,31+,32-,33+,34+,35?,36+,41-,42-,43+,44-/m1/s1. The van der Waals surface area contributed by atoms with E-state index in [9.17, 15) is 14.7 Å². The van der Waals surface area contributed by atoms with Crippen LogP contribution in [0.2, 0.25) is 0 Å². The maximum Gasteiger partial charge on any atom is 0.410 e. The molecule has 8 fully saturated rings. The van der Waals surface area contributed by atoms with Gasteiger partial charge in [0.05, 0.1) is 30.5 Å². The number of esters is 1. The van der Waals surface area contributed by atoms with E-state index in [4.69, 9.17) is 29.4 Å². The zero-order chi connectivity index (χ0) is 39.7. The summed E-state index contributed by atoms with van der Waals surface area (Å²) in [5.41, 5.74) is 6.55. The number of rotatable bonds is 7. The van der Waals surface area contributed by atoms with E-state index in [-0.39, 0.29) is 58.4 Å². The third-order valence-electron chi connectivity index (χ3n) is 17.1. The SMILES string of the molecule is CC(=O)O[C@@H]([C@H]1C[C@@H](C)C2[C@@H](C[C@@]3(N)[C@@H]4CC[C@H]5C(C)(C)[C@@H](O[C@H]6CN(CC7CN(C(=O)OC(C)(C)C)C7)CCO6)CC[C@@]56C[C@@]46CC[C@]23C)O1)C(C)(C)O. The minimum atomic E-state index is -1.21. The lowest BCUT2D eigenvalue weighted by molar-refractivity contribution is -0.246. The summed E-state index contributed by atoms with van der Waals surface area (Å²) in [4.78, 5) is 28.9. The highest BCUT2D eigenvalue weighted by atomic mass is 16.7. The van der Waals surface area contributed by atoms with Crippen LogP contribution >= 0.6 is 0 Å². The van der Waals surface area contributed by atoms with Crippen molar-refractivity contribution in [3.05, 3.63) is 0 Å². The van der Waals surface area contributed by atoms with E-state index in [2.05, 4.69) is 32.6 Å². The van der Waals surface area contributed by atoms with Gasteiger partial charge in [-0.2, -0.15) is 0 Å². The number of nitrogens with two attached hydrogens (primary N) is 1. The van der Waals surface area contributed by atoms with Crippen LogP contribution in [0.5, 0.6) is 0 Å². The molecular formula is C44H73N3O8. The number of nitrogens with zero attached hydrogens (tertiary/aromatic N) is 2. The molecule has 8 rings (SSSR count). The number of carbonyl (C=O) groups excluding carboxylic acids is 2. The van der Waals surface area contributed by atoms with Crippen LogP contribution in [0.3, 0.4) is 0 Å². The van der Waals surface area contributed by atoms with Crippen molar-refractivity contribution in [3.63, 3.8) is 0 Å². The number of amides is 1. The second kappa shape index (κ2) is 13.3. The van der Waals surface area contributed by atoms with Crippen LogP contribution in [0.1, 0.15) is 127 Å². The molecule has 0 aromatic carbocycles. The molecule has 312 valence electrons. The molecule has 3 N–H and O–H groups in total. The van der Waals surface area contributed by atoms with Gasteiger partial charge in [-0.05, 0) is 138 Å². The fraction of sp³-hybridized carbons (Fsp3) is 0.955. The van der Waals surface area contributed by atoms with Gasteiger partial charge >= 0.3 is 12.1 Å². The number of ether oxygens (including phenoxy) is 5. The predicted octanol–water partition coefficient (Wildman–Crippen LogP) is 6.13. The van der Waals surface area contributed by atoms with Crippen LogP contribution in [-0.2, 0) is 28.5 Å². The molecular weight excluding hydrogens is 698 g/mol. The third-order valence-corrected chi connectivity index (χ3v) is 17.1. The molecule has 1 amide bonds. The molecule has 5 aliphatic carbocycles. The Hall–Kier alpha value is -1.50. The molecule has 0 radical (unpaired) electrons. The summed E-state index contributed by atoms with van der Waals surface area (Å²) in [6, 6.07) is 0. The molecule has 0 bridgehead atoms. The first-order valence-corrected chi connectivity index (χ1v) is 21.8. The van der Waals surface area contributed by atoms with Crippen LogP contribution in [0, 0.1) is 51.2 Å². The summed E-state index contributed by atoms with van der Waals surface area (Å²) in [5, 5.41) is 11.1. The second-order valence-electron chi connectivity index (χ2n) is 22.3. The first kappa shape index (κ1) is 40.3. The Kier molecular flexibility index (Phi) is 9.71. The zero-order valence-electron chi connectivity index (χ0n) is 35.7. The number of carbonyl (C=O) groups is 2. The van der Waals surface area contributed by atoms with Gasteiger partial charge in [0.1, 0.15) is 5.60 Å². The van der Waals surface area contributed by atoms with Crippen LogP contribution < -0.4 is 5.73 Å². The van der Waals surface area contributed by atoms with Gasteiger partial charge < -0.3 is 39.4 Å². The molecule has 11 heteroatoms. The molecule has 0 aromatic rings. The van der Waals surface area contributed by atoms with Gasteiger partial charge in [0.2, 0.25) is 0 Å². The summed E-state index contributed by atoms with van der Waals surface area (Å²) in [5.74, 6) is 1.82. The molecule has 1 unspecified atom stereocenters. The van der Waals surface area contributed by atoms with Gasteiger partial charge in [-0.15, -0.1) is 0 Å². The summed E-state index contributed by atoms with van der Waals surface area (Å²) < 4.78 is 31.5. The highest BCUT2D eigenvalue weighted by Gasteiger charge is 2.83. The van der Waals surface area contributed by atoms with Crippen molar-refractivity contribution < 1.29 is 38.4 Å². The first-order chi connectivity index (χ1) is 25.5. The largest absolute Gasteiger partial charge is 0.457 e. The Labute approximate surface area is 330 Å². The van der Waals surface area contributed by atoms with E-state index in [0.717, 1.165) is 64.8 Å². The maximum absolute atomic E-state index is 12.5. The lowest BCUT2D eigenvalue weighted by Crippen LogP contribution is -2.66. The van der Waals surface area contributed by atoms with Crippen molar-refractivity contribution in [2.75, 3.05) is 39.3 Å². The molecule has 3 heterocycles. The van der Waals surface area contributed by atoms with Gasteiger partial charge in [0.25, 0.3) is 0 Å². The molecule has 13 atom stereocenters. The van der Waals surface area contributed by atoms with Gasteiger partial charge in [-0.25, -0.2) is 4.79 Å². The molecule has 0 aromatic heterocycles. The lowest BCUT2D eigenvalue weighted by atomic mass is 9.44. The third kappa shape index (κ3) is 6.41. The fourth-order valence-electron chi connectivity index (χ4n) is 14.9. The Morgan fingerprint density at radius 2 is 1.67 bits per heavy atom. The summed E-state index contributed by atoms with van der Waals surface area (Å²) >= 11 is 0. The number of likely N-dealkylation sites (tertiary alicyclic amines) is 1. The fourth-order valence-corrected chi connectivity index (χ4v) is 14.9. The van der Waals surface area contributed by atoms with Crippen molar-refractivity contribution in [1.82, 2.24) is 9.80 Å². The zero-order valence-corrected chi connectivity index (χ0v) is 35.7. The van der Waals surface area contributed by atoms with Crippen molar-refractivity contribution in [2.24, 2.45) is 57.0 Å². The number of aliphatic hydroxyl groups is 1. The maximum atomic E-state index is 12.5. The van der Waals surface area contributed by atoms with Crippen molar-refractivity contribution in [1.29, 1.82) is 0 Å². The number of hydrogen-bond acceptors (Lipinski definition) is 10. The van der Waals surface area contributed by atoms with Gasteiger partial charge in [-0.3, -0.25) is 9.69 Å². The van der Waals surface area contributed by atoms with Crippen molar-refractivity contribution in [3.8, 4) is 0 Å². The van der Waals surface area contributed by atoms with Crippen LogP contribution in [-0.4, -0.2) is 114 Å². The number of morpholine rings is 1. The second-order valence-corrected chi connectivity index (χ2v) is 22.3. The Morgan fingerprint density at radius 3 is 2.35 bits per heavy atom. The first-order valence-electron chi connectivity index (χ1n) is 21.8.